The zero-order valence-corrected chi connectivity index (χ0v) is 15.1. The van der Waals surface area contributed by atoms with Gasteiger partial charge in [-0.15, -0.1) is 0 Å². The Bertz CT molecular complexity index is 687. The molecule has 0 N–H and O–H groups in total. The minimum Gasteiger partial charge on any atom is -0.484 e. The van der Waals surface area contributed by atoms with Gasteiger partial charge in [-0.2, -0.15) is 0 Å². The third kappa shape index (κ3) is 5.07. The molecule has 1 amide bonds. The number of carbonyl (C=O) groups is 1. The van der Waals surface area contributed by atoms with E-state index in [4.69, 9.17) is 4.74 Å². The molecular weight excluding hydrogens is 312 g/mol. The second kappa shape index (κ2) is 8.17. The average Bonchev–Trinajstić information content (AvgIpc) is 2.60. The summed E-state index contributed by atoms with van der Waals surface area (Å²) in [6.07, 6.45) is 0. The molecule has 0 saturated carbocycles. The van der Waals surface area contributed by atoms with E-state index in [1.165, 1.54) is 5.56 Å². The zero-order chi connectivity index (χ0) is 17.6. The van der Waals surface area contributed by atoms with Crippen molar-refractivity contribution in [3.63, 3.8) is 0 Å². The van der Waals surface area contributed by atoms with Crippen molar-refractivity contribution in [2.75, 3.05) is 32.8 Å². The highest BCUT2D eigenvalue weighted by molar-refractivity contribution is 5.77. The van der Waals surface area contributed by atoms with Gasteiger partial charge in [0, 0.05) is 32.7 Å². The third-order valence-corrected chi connectivity index (χ3v) is 4.53. The van der Waals surface area contributed by atoms with Gasteiger partial charge in [-0.1, -0.05) is 36.4 Å². The van der Waals surface area contributed by atoms with Crippen LogP contribution < -0.4 is 4.74 Å². The van der Waals surface area contributed by atoms with Crippen LogP contribution in [-0.4, -0.2) is 48.5 Å². The van der Waals surface area contributed by atoms with Crippen LogP contribution in [0.2, 0.25) is 0 Å². The standard InChI is InChI=1S/C21H26N2O2/c1-17-12-18(2)14-20(13-17)25-16-21(24)23-10-8-22(9-11-23)15-19-6-4-3-5-7-19/h3-7,12-14H,8-11,15-16H2,1-2H3. The van der Waals surface area contributed by atoms with E-state index in [-0.39, 0.29) is 12.5 Å². The molecule has 0 bridgehead atoms. The zero-order valence-electron chi connectivity index (χ0n) is 15.1. The van der Waals surface area contributed by atoms with Crippen LogP contribution in [0, 0.1) is 13.8 Å². The first kappa shape index (κ1) is 17.5. The van der Waals surface area contributed by atoms with Crippen molar-refractivity contribution >= 4 is 5.91 Å². The van der Waals surface area contributed by atoms with Crippen LogP contribution in [-0.2, 0) is 11.3 Å². The molecule has 0 radical (unpaired) electrons. The summed E-state index contributed by atoms with van der Waals surface area (Å²) >= 11 is 0. The molecule has 2 aromatic rings. The van der Waals surface area contributed by atoms with Crippen LogP contribution in [0.1, 0.15) is 16.7 Å². The van der Waals surface area contributed by atoms with E-state index >= 15 is 0 Å². The molecule has 3 rings (SSSR count). The first-order valence-electron chi connectivity index (χ1n) is 8.85. The number of aryl methyl sites for hydroxylation is 2. The smallest absolute Gasteiger partial charge is 0.260 e. The van der Waals surface area contributed by atoms with Gasteiger partial charge < -0.3 is 9.64 Å². The number of ether oxygens (including phenoxy) is 1. The second-order valence-electron chi connectivity index (χ2n) is 6.75. The molecular formula is C21H26N2O2. The van der Waals surface area contributed by atoms with Gasteiger partial charge in [0.2, 0.25) is 0 Å². The van der Waals surface area contributed by atoms with E-state index in [2.05, 4.69) is 35.2 Å². The number of benzene rings is 2. The third-order valence-electron chi connectivity index (χ3n) is 4.53. The molecule has 0 unspecified atom stereocenters. The second-order valence-corrected chi connectivity index (χ2v) is 6.75. The Morgan fingerprint density at radius 2 is 1.60 bits per heavy atom. The van der Waals surface area contributed by atoms with E-state index in [1.807, 2.05) is 36.9 Å². The number of carbonyl (C=O) groups excluding carboxylic acids is 1. The Balaban J connectivity index is 1.45. The van der Waals surface area contributed by atoms with Crippen molar-refractivity contribution in [3.05, 3.63) is 65.2 Å². The molecule has 25 heavy (non-hydrogen) atoms. The topological polar surface area (TPSA) is 32.8 Å². The lowest BCUT2D eigenvalue weighted by molar-refractivity contribution is -0.135. The van der Waals surface area contributed by atoms with Gasteiger partial charge in [0.25, 0.3) is 5.91 Å². The van der Waals surface area contributed by atoms with Crippen molar-refractivity contribution in [2.45, 2.75) is 20.4 Å². The number of hydrogen-bond donors (Lipinski definition) is 0. The van der Waals surface area contributed by atoms with Gasteiger partial charge in [-0.25, -0.2) is 0 Å². The number of nitrogens with zero attached hydrogens (tertiary/aromatic N) is 2. The summed E-state index contributed by atoms with van der Waals surface area (Å²) in [5.74, 6) is 0.840. The molecule has 1 heterocycles. The van der Waals surface area contributed by atoms with Crippen molar-refractivity contribution in [3.8, 4) is 5.75 Å². The molecule has 132 valence electrons. The highest BCUT2D eigenvalue weighted by Crippen LogP contribution is 2.16. The first-order valence-corrected chi connectivity index (χ1v) is 8.85. The number of rotatable bonds is 5. The van der Waals surface area contributed by atoms with Gasteiger partial charge in [-0.3, -0.25) is 9.69 Å². The Morgan fingerprint density at radius 1 is 0.960 bits per heavy atom. The van der Waals surface area contributed by atoms with Gasteiger partial charge in [0.1, 0.15) is 5.75 Å². The quantitative estimate of drug-likeness (QED) is 0.840. The molecule has 4 heteroatoms. The van der Waals surface area contributed by atoms with Crippen molar-refractivity contribution in [1.29, 1.82) is 0 Å². The minimum absolute atomic E-state index is 0.0681. The SMILES string of the molecule is Cc1cc(C)cc(OCC(=O)N2CCN(Cc3ccccc3)CC2)c1. The fraction of sp³-hybridized carbons (Fsp3) is 0.381. The van der Waals surface area contributed by atoms with Crippen LogP contribution in [0.4, 0.5) is 0 Å². The summed E-state index contributed by atoms with van der Waals surface area (Å²) in [7, 11) is 0. The van der Waals surface area contributed by atoms with E-state index in [1.54, 1.807) is 0 Å². The highest BCUT2D eigenvalue weighted by atomic mass is 16.5. The lowest BCUT2D eigenvalue weighted by Gasteiger charge is -2.34. The van der Waals surface area contributed by atoms with E-state index < -0.39 is 0 Å². The fourth-order valence-corrected chi connectivity index (χ4v) is 3.25. The van der Waals surface area contributed by atoms with Crippen LogP contribution >= 0.6 is 0 Å². The molecule has 4 nitrogen and oxygen atoms in total. The molecule has 1 aliphatic heterocycles. The molecule has 1 saturated heterocycles. The van der Waals surface area contributed by atoms with Crippen molar-refractivity contribution in [2.24, 2.45) is 0 Å². The van der Waals surface area contributed by atoms with Crippen LogP contribution in [0.15, 0.2) is 48.5 Å². The number of amides is 1. The first-order chi connectivity index (χ1) is 12.1. The summed E-state index contributed by atoms with van der Waals surface area (Å²) < 4.78 is 5.70. The van der Waals surface area contributed by atoms with Gasteiger partial charge >= 0.3 is 0 Å². The predicted molar refractivity (Wildman–Crippen MR) is 99.7 cm³/mol. The predicted octanol–water partition coefficient (Wildman–Crippen LogP) is 3.03. The summed E-state index contributed by atoms with van der Waals surface area (Å²) in [4.78, 5) is 16.7. The summed E-state index contributed by atoms with van der Waals surface area (Å²) in [6.45, 7) is 8.48. The monoisotopic (exact) mass is 338 g/mol. The van der Waals surface area contributed by atoms with E-state index in [0.717, 1.165) is 49.6 Å². The fourth-order valence-electron chi connectivity index (χ4n) is 3.25. The highest BCUT2D eigenvalue weighted by Gasteiger charge is 2.21. The normalized spacial score (nSPS) is 15.2. The average molecular weight is 338 g/mol. The lowest BCUT2D eigenvalue weighted by atomic mass is 10.1. The van der Waals surface area contributed by atoms with E-state index in [9.17, 15) is 4.79 Å². The summed E-state index contributed by atoms with van der Waals surface area (Å²) in [5.41, 5.74) is 3.62. The Labute approximate surface area is 150 Å². The lowest BCUT2D eigenvalue weighted by Crippen LogP contribution is -2.49. The largest absolute Gasteiger partial charge is 0.484 e. The maximum atomic E-state index is 12.4. The molecule has 0 aromatic heterocycles. The minimum atomic E-state index is 0.0681. The Kier molecular flexibility index (Phi) is 5.71. The molecule has 1 aliphatic rings. The molecule has 0 spiro atoms. The van der Waals surface area contributed by atoms with Crippen LogP contribution in [0.5, 0.6) is 5.75 Å². The molecule has 0 atom stereocenters. The maximum Gasteiger partial charge on any atom is 0.260 e. The summed E-state index contributed by atoms with van der Waals surface area (Å²) in [6, 6.07) is 16.5. The molecule has 1 fully saturated rings. The van der Waals surface area contributed by atoms with Crippen LogP contribution in [0.25, 0.3) is 0 Å². The van der Waals surface area contributed by atoms with Gasteiger partial charge in [0.05, 0.1) is 0 Å². The van der Waals surface area contributed by atoms with Gasteiger partial charge in [0.15, 0.2) is 6.61 Å². The van der Waals surface area contributed by atoms with Crippen molar-refractivity contribution in [1.82, 2.24) is 9.80 Å². The Hall–Kier alpha value is -2.33. The van der Waals surface area contributed by atoms with Crippen molar-refractivity contribution < 1.29 is 9.53 Å². The molecule has 2 aromatic carbocycles. The maximum absolute atomic E-state index is 12.4. The molecule has 0 aliphatic carbocycles. The number of hydrogen-bond acceptors (Lipinski definition) is 3. The Morgan fingerprint density at radius 3 is 2.24 bits per heavy atom. The summed E-state index contributed by atoms with van der Waals surface area (Å²) in [5, 5.41) is 0. The van der Waals surface area contributed by atoms with E-state index in [0.29, 0.717) is 0 Å². The van der Waals surface area contributed by atoms with Gasteiger partial charge in [-0.05, 0) is 42.7 Å². The number of piperazine rings is 1. The van der Waals surface area contributed by atoms with Crippen LogP contribution in [0.3, 0.4) is 0 Å².